The van der Waals surface area contributed by atoms with Gasteiger partial charge in [-0.2, -0.15) is 0 Å². The summed E-state index contributed by atoms with van der Waals surface area (Å²) in [5, 5.41) is 5.86. The van der Waals surface area contributed by atoms with Crippen LogP contribution in [0, 0.1) is 27.7 Å². The third-order valence-corrected chi connectivity index (χ3v) is 3.74. The normalized spacial score (nSPS) is 10.4. The lowest BCUT2D eigenvalue weighted by Crippen LogP contribution is -2.31. The van der Waals surface area contributed by atoms with Gasteiger partial charge in [0.2, 0.25) is 0 Å². The van der Waals surface area contributed by atoms with Crippen LogP contribution in [0.25, 0.3) is 0 Å². The molecule has 0 aliphatic heterocycles. The fraction of sp³-hybridized carbons (Fsp3) is 0.316. The molecule has 2 rings (SSSR count). The van der Waals surface area contributed by atoms with Crippen LogP contribution >= 0.6 is 0 Å². The molecule has 0 radical (unpaired) electrons. The number of nitrogens with one attached hydrogen (secondary N) is 2. The fourth-order valence-electron chi connectivity index (χ4n) is 2.61. The summed E-state index contributed by atoms with van der Waals surface area (Å²) in [7, 11) is 0. The third kappa shape index (κ3) is 4.35. The summed E-state index contributed by atoms with van der Waals surface area (Å²) in [6.07, 6.45) is 0.833. The van der Waals surface area contributed by atoms with E-state index in [0.717, 1.165) is 23.2 Å². The van der Waals surface area contributed by atoms with E-state index in [1.165, 1.54) is 16.7 Å². The van der Waals surface area contributed by atoms with E-state index in [2.05, 4.69) is 60.9 Å². The Morgan fingerprint density at radius 1 is 0.909 bits per heavy atom. The molecule has 3 heteroatoms. The van der Waals surface area contributed by atoms with E-state index in [4.69, 9.17) is 0 Å². The van der Waals surface area contributed by atoms with Crippen molar-refractivity contribution < 1.29 is 4.79 Å². The number of benzene rings is 2. The van der Waals surface area contributed by atoms with Crippen LogP contribution in [0.15, 0.2) is 36.4 Å². The Morgan fingerprint density at radius 2 is 1.50 bits per heavy atom. The van der Waals surface area contributed by atoms with E-state index in [1.807, 2.05) is 13.8 Å². The van der Waals surface area contributed by atoms with Gasteiger partial charge in [-0.05, 0) is 50.8 Å². The summed E-state index contributed by atoms with van der Waals surface area (Å²) in [6.45, 7) is 8.79. The number of hydrogen-bond donors (Lipinski definition) is 2. The first-order valence-corrected chi connectivity index (χ1v) is 7.64. The van der Waals surface area contributed by atoms with Gasteiger partial charge in [0, 0.05) is 12.2 Å². The average Bonchev–Trinajstić information content (AvgIpc) is 2.45. The summed E-state index contributed by atoms with van der Waals surface area (Å²) < 4.78 is 0. The van der Waals surface area contributed by atoms with Crippen molar-refractivity contribution in [3.8, 4) is 0 Å². The molecule has 3 nitrogen and oxygen atoms in total. The summed E-state index contributed by atoms with van der Waals surface area (Å²) in [6, 6.07) is 12.4. The molecule has 0 bridgehead atoms. The zero-order valence-corrected chi connectivity index (χ0v) is 13.8. The minimum atomic E-state index is -0.151. The predicted octanol–water partition coefficient (Wildman–Crippen LogP) is 4.28. The highest BCUT2D eigenvalue weighted by Gasteiger charge is 2.07. The van der Waals surface area contributed by atoms with Gasteiger partial charge in [0.25, 0.3) is 0 Å². The van der Waals surface area contributed by atoms with Gasteiger partial charge in [-0.15, -0.1) is 0 Å². The van der Waals surface area contributed by atoms with Gasteiger partial charge in [-0.25, -0.2) is 4.79 Å². The standard InChI is InChI=1S/C19H24N2O/c1-13-5-7-17(8-6-13)9-10-20-19(22)21-18-15(3)11-14(2)12-16(18)4/h5-8,11-12H,9-10H2,1-4H3,(H2,20,21,22). The van der Waals surface area contributed by atoms with Crippen molar-refractivity contribution >= 4 is 11.7 Å². The van der Waals surface area contributed by atoms with Crippen molar-refractivity contribution in [3.63, 3.8) is 0 Å². The summed E-state index contributed by atoms with van der Waals surface area (Å²) in [4.78, 5) is 12.0. The largest absolute Gasteiger partial charge is 0.338 e. The molecule has 0 unspecified atom stereocenters. The van der Waals surface area contributed by atoms with Crippen molar-refractivity contribution in [2.75, 3.05) is 11.9 Å². The summed E-state index contributed by atoms with van der Waals surface area (Å²) in [5.41, 5.74) is 6.77. The van der Waals surface area contributed by atoms with Crippen LogP contribution in [0.2, 0.25) is 0 Å². The molecule has 0 fully saturated rings. The Hall–Kier alpha value is -2.29. The van der Waals surface area contributed by atoms with Gasteiger partial charge in [0.1, 0.15) is 0 Å². The van der Waals surface area contributed by atoms with Gasteiger partial charge < -0.3 is 10.6 Å². The molecular formula is C19H24N2O. The van der Waals surface area contributed by atoms with Gasteiger partial charge in [-0.3, -0.25) is 0 Å². The van der Waals surface area contributed by atoms with E-state index < -0.39 is 0 Å². The van der Waals surface area contributed by atoms with Crippen molar-refractivity contribution in [1.29, 1.82) is 0 Å². The highest BCUT2D eigenvalue weighted by molar-refractivity contribution is 5.91. The number of carbonyl (C=O) groups excluding carboxylic acids is 1. The predicted molar refractivity (Wildman–Crippen MR) is 92.6 cm³/mol. The first kappa shape index (κ1) is 16.1. The van der Waals surface area contributed by atoms with Crippen LogP contribution in [0.3, 0.4) is 0 Å². The Morgan fingerprint density at radius 3 is 2.09 bits per heavy atom. The molecule has 0 atom stereocenters. The maximum atomic E-state index is 12.0. The second kappa shape index (κ2) is 7.12. The maximum absolute atomic E-state index is 12.0. The van der Waals surface area contributed by atoms with Crippen molar-refractivity contribution in [1.82, 2.24) is 5.32 Å². The zero-order chi connectivity index (χ0) is 16.1. The Bertz CT molecular complexity index is 637. The molecule has 2 aromatic rings. The van der Waals surface area contributed by atoms with Crippen molar-refractivity contribution in [2.24, 2.45) is 0 Å². The van der Waals surface area contributed by atoms with Gasteiger partial charge in [-0.1, -0.05) is 47.5 Å². The molecule has 2 amide bonds. The first-order valence-electron chi connectivity index (χ1n) is 7.64. The lowest BCUT2D eigenvalue weighted by atomic mass is 10.1. The molecule has 0 aliphatic carbocycles. The van der Waals surface area contributed by atoms with E-state index in [-0.39, 0.29) is 6.03 Å². The monoisotopic (exact) mass is 296 g/mol. The van der Waals surface area contributed by atoms with Crippen LogP contribution in [-0.4, -0.2) is 12.6 Å². The van der Waals surface area contributed by atoms with E-state index >= 15 is 0 Å². The number of carbonyl (C=O) groups is 1. The van der Waals surface area contributed by atoms with Gasteiger partial charge in [0.15, 0.2) is 0 Å². The highest BCUT2D eigenvalue weighted by atomic mass is 16.2. The van der Waals surface area contributed by atoms with Crippen LogP contribution in [0.5, 0.6) is 0 Å². The van der Waals surface area contributed by atoms with Crippen molar-refractivity contribution in [2.45, 2.75) is 34.1 Å². The Balaban J connectivity index is 1.87. The van der Waals surface area contributed by atoms with E-state index in [0.29, 0.717) is 6.54 Å². The Kier molecular flexibility index (Phi) is 5.21. The zero-order valence-electron chi connectivity index (χ0n) is 13.8. The van der Waals surface area contributed by atoms with E-state index in [1.54, 1.807) is 0 Å². The first-order chi connectivity index (χ1) is 10.5. The molecular weight excluding hydrogens is 272 g/mol. The van der Waals surface area contributed by atoms with Crippen molar-refractivity contribution in [3.05, 3.63) is 64.2 Å². The molecule has 0 aromatic heterocycles. The summed E-state index contributed by atoms with van der Waals surface area (Å²) in [5.74, 6) is 0. The lowest BCUT2D eigenvalue weighted by Gasteiger charge is -2.13. The fourth-order valence-corrected chi connectivity index (χ4v) is 2.61. The number of aryl methyl sites for hydroxylation is 4. The number of anilines is 1. The quantitative estimate of drug-likeness (QED) is 0.868. The maximum Gasteiger partial charge on any atom is 0.319 e. The molecule has 0 saturated heterocycles. The lowest BCUT2D eigenvalue weighted by molar-refractivity contribution is 0.252. The second-order valence-corrected chi connectivity index (χ2v) is 5.89. The second-order valence-electron chi connectivity index (χ2n) is 5.89. The molecule has 116 valence electrons. The molecule has 0 spiro atoms. The SMILES string of the molecule is Cc1ccc(CCNC(=O)Nc2c(C)cc(C)cc2C)cc1. The molecule has 0 heterocycles. The van der Waals surface area contributed by atoms with Crippen LogP contribution in [0.1, 0.15) is 27.8 Å². The topological polar surface area (TPSA) is 41.1 Å². The smallest absolute Gasteiger partial charge is 0.319 e. The minimum Gasteiger partial charge on any atom is -0.338 e. The number of urea groups is 1. The van der Waals surface area contributed by atoms with E-state index in [9.17, 15) is 4.79 Å². The Labute approximate surface area is 132 Å². The molecule has 0 saturated carbocycles. The number of rotatable bonds is 4. The minimum absolute atomic E-state index is 0.151. The molecule has 2 aromatic carbocycles. The van der Waals surface area contributed by atoms with Crippen LogP contribution in [-0.2, 0) is 6.42 Å². The number of amides is 2. The van der Waals surface area contributed by atoms with Gasteiger partial charge >= 0.3 is 6.03 Å². The third-order valence-electron chi connectivity index (χ3n) is 3.74. The van der Waals surface area contributed by atoms with Crippen LogP contribution < -0.4 is 10.6 Å². The molecule has 2 N–H and O–H groups in total. The molecule has 22 heavy (non-hydrogen) atoms. The number of hydrogen-bond acceptors (Lipinski definition) is 1. The summed E-state index contributed by atoms with van der Waals surface area (Å²) >= 11 is 0. The van der Waals surface area contributed by atoms with Crippen LogP contribution in [0.4, 0.5) is 10.5 Å². The highest BCUT2D eigenvalue weighted by Crippen LogP contribution is 2.21. The molecule has 0 aliphatic rings. The average molecular weight is 296 g/mol. The van der Waals surface area contributed by atoms with Gasteiger partial charge in [0.05, 0.1) is 0 Å².